The van der Waals surface area contributed by atoms with E-state index in [0.29, 0.717) is 0 Å². The van der Waals surface area contributed by atoms with E-state index in [-0.39, 0.29) is 6.04 Å². The summed E-state index contributed by atoms with van der Waals surface area (Å²) in [5.74, 6) is 2.35. The Bertz CT molecular complexity index is 142. The Balaban J connectivity index is 3.11. The summed E-state index contributed by atoms with van der Waals surface area (Å²) in [5.41, 5.74) is 0. The lowest BCUT2D eigenvalue weighted by molar-refractivity contribution is 0.663. The van der Waals surface area contributed by atoms with Crippen LogP contribution in [0.15, 0.2) is 0 Å². The molecule has 1 atom stereocenters. The van der Waals surface area contributed by atoms with Crippen molar-refractivity contribution >= 4 is 11.8 Å². The number of rotatable bonds is 8. The number of unbranched alkanes of at least 4 members (excludes halogenated alkanes) is 2. The molecule has 13 heavy (non-hydrogen) atoms. The molecule has 2 nitrogen and oxygen atoms in total. The van der Waals surface area contributed by atoms with Crippen molar-refractivity contribution in [3.63, 3.8) is 0 Å². The first-order valence-corrected chi connectivity index (χ1v) is 6.15. The molecule has 0 rings (SSSR count). The quantitative estimate of drug-likeness (QED) is 0.611. The maximum Gasteiger partial charge on any atom is 0.0958 e. The summed E-state index contributed by atoms with van der Waals surface area (Å²) in [7, 11) is 1.84. The highest BCUT2D eigenvalue weighted by Crippen LogP contribution is 2.08. The molecule has 1 N–H and O–H groups in total. The highest BCUT2D eigenvalue weighted by Gasteiger charge is 2.01. The van der Waals surface area contributed by atoms with Crippen LogP contribution >= 0.6 is 11.8 Å². The van der Waals surface area contributed by atoms with Gasteiger partial charge in [-0.05, 0) is 31.4 Å². The van der Waals surface area contributed by atoms with E-state index in [9.17, 15) is 0 Å². The van der Waals surface area contributed by atoms with E-state index < -0.39 is 0 Å². The molecular formula is C10H20N2S. The Kier molecular flexibility index (Phi) is 9.73. The Hall–Kier alpha value is -0.200. The smallest absolute Gasteiger partial charge is 0.0958 e. The van der Waals surface area contributed by atoms with E-state index in [1.807, 2.05) is 18.8 Å². The van der Waals surface area contributed by atoms with Gasteiger partial charge in [0.15, 0.2) is 0 Å². The summed E-state index contributed by atoms with van der Waals surface area (Å²) in [4.78, 5) is 0. The third-order valence-electron chi connectivity index (χ3n) is 1.95. The standard InChI is InChI=1S/C10H20N2S/c1-3-4-5-7-13-8-6-10(9-11)12-2/h10,12H,3-8H2,1-2H3. The molecule has 1 unspecified atom stereocenters. The second kappa shape index (κ2) is 9.88. The number of nitriles is 1. The number of thioether (sulfide) groups is 1. The van der Waals surface area contributed by atoms with Gasteiger partial charge in [0.25, 0.3) is 0 Å². The Morgan fingerprint density at radius 1 is 1.38 bits per heavy atom. The molecule has 0 aromatic heterocycles. The molecule has 0 bridgehead atoms. The van der Waals surface area contributed by atoms with Gasteiger partial charge in [-0.25, -0.2) is 0 Å². The minimum Gasteiger partial charge on any atom is -0.305 e. The van der Waals surface area contributed by atoms with Crippen LogP contribution < -0.4 is 5.32 Å². The molecule has 0 aliphatic carbocycles. The van der Waals surface area contributed by atoms with Crippen LogP contribution in [-0.2, 0) is 0 Å². The molecule has 0 radical (unpaired) electrons. The van der Waals surface area contributed by atoms with Crippen LogP contribution in [0.5, 0.6) is 0 Å². The van der Waals surface area contributed by atoms with Gasteiger partial charge in [-0.1, -0.05) is 19.8 Å². The highest BCUT2D eigenvalue weighted by atomic mass is 32.2. The summed E-state index contributed by atoms with van der Waals surface area (Å²) >= 11 is 1.96. The first kappa shape index (κ1) is 12.8. The topological polar surface area (TPSA) is 35.8 Å². The van der Waals surface area contributed by atoms with E-state index in [0.717, 1.165) is 12.2 Å². The first-order valence-electron chi connectivity index (χ1n) is 4.99. The Morgan fingerprint density at radius 3 is 2.69 bits per heavy atom. The van der Waals surface area contributed by atoms with Crippen molar-refractivity contribution in [3.05, 3.63) is 0 Å². The summed E-state index contributed by atoms with van der Waals surface area (Å²) in [6.45, 7) is 2.22. The van der Waals surface area contributed by atoms with Crippen molar-refractivity contribution in [2.45, 2.75) is 38.6 Å². The van der Waals surface area contributed by atoms with Crippen molar-refractivity contribution in [1.29, 1.82) is 5.26 Å². The lowest BCUT2D eigenvalue weighted by Gasteiger charge is -2.06. The van der Waals surface area contributed by atoms with Gasteiger partial charge in [0.1, 0.15) is 0 Å². The van der Waals surface area contributed by atoms with E-state index in [2.05, 4.69) is 18.3 Å². The largest absolute Gasteiger partial charge is 0.305 e. The van der Waals surface area contributed by atoms with Gasteiger partial charge >= 0.3 is 0 Å². The molecule has 0 aliphatic heterocycles. The minimum atomic E-state index is 0.0404. The zero-order chi connectivity index (χ0) is 9.94. The Labute approximate surface area is 86.1 Å². The summed E-state index contributed by atoms with van der Waals surface area (Å²) < 4.78 is 0. The lowest BCUT2D eigenvalue weighted by Crippen LogP contribution is -2.23. The summed E-state index contributed by atoms with van der Waals surface area (Å²) in [6, 6.07) is 2.27. The second-order valence-electron chi connectivity index (χ2n) is 3.08. The SMILES string of the molecule is CCCCCSCCC(C#N)NC. The molecular weight excluding hydrogens is 180 g/mol. The summed E-state index contributed by atoms with van der Waals surface area (Å²) in [6.07, 6.45) is 4.90. The number of nitrogens with one attached hydrogen (secondary N) is 1. The number of nitrogens with zero attached hydrogens (tertiary/aromatic N) is 1. The molecule has 0 heterocycles. The predicted octanol–water partition coefficient (Wildman–Crippen LogP) is 2.41. The van der Waals surface area contributed by atoms with Crippen LogP contribution in [0.3, 0.4) is 0 Å². The minimum absolute atomic E-state index is 0.0404. The monoisotopic (exact) mass is 200 g/mol. The van der Waals surface area contributed by atoms with Crippen molar-refractivity contribution in [2.24, 2.45) is 0 Å². The van der Waals surface area contributed by atoms with Gasteiger partial charge in [0.05, 0.1) is 12.1 Å². The molecule has 0 spiro atoms. The van der Waals surface area contributed by atoms with Crippen LogP contribution in [0.1, 0.15) is 32.6 Å². The fourth-order valence-electron chi connectivity index (χ4n) is 1.03. The van der Waals surface area contributed by atoms with Crippen LogP contribution in [0.4, 0.5) is 0 Å². The van der Waals surface area contributed by atoms with E-state index >= 15 is 0 Å². The zero-order valence-corrected chi connectivity index (χ0v) is 9.49. The van der Waals surface area contributed by atoms with Gasteiger partial charge < -0.3 is 5.32 Å². The fourth-order valence-corrected chi connectivity index (χ4v) is 2.05. The van der Waals surface area contributed by atoms with Gasteiger partial charge in [-0.2, -0.15) is 17.0 Å². The van der Waals surface area contributed by atoms with E-state index in [1.54, 1.807) is 0 Å². The lowest BCUT2D eigenvalue weighted by atomic mass is 10.3. The van der Waals surface area contributed by atoms with E-state index in [1.165, 1.54) is 25.0 Å². The molecule has 3 heteroatoms. The molecule has 0 aromatic rings. The first-order chi connectivity index (χ1) is 6.35. The van der Waals surface area contributed by atoms with Gasteiger partial charge in [-0.15, -0.1) is 0 Å². The molecule has 0 aromatic carbocycles. The Morgan fingerprint density at radius 2 is 2.15 bits per heavy atom. The van der Waals surface area contributed by atoms with Crippen LogP contribution in [0.25, 0.3) is 0 Å². The zero-order valence-electron chi connectivity index (χ0n) is 8.68. The molecule has 0 saturated carbocycles. The van der Waals surface area contributed by atoms with Crippen molar-refractivity contribution in [2.75, 3.05) is 18.6 Å². The van der Waals surface area contributed by atoms with Gasteiger partial charge in [0.2, 0.25) is 0 Å². The van der Waals surface area contributed by atoms with Crippen LogP contribution in [-0.4, -0.2) is 24.6 Å². The second-order valence-corrected chi connectivity index (χ2v) is 4.30. The normalized spacial score (nSPS) is 12.4. The number of hydrogen-bond acceptors (Lipinski definition) is 3. The molecule has 0 saturated heterocycles. The van der Waals surface area contributed by atoms with Gasteiger partial charge in [0, 0.05) is 0 Å². The molecule has 76 valence electrons. The third kappa shape index (κ3) is 8.14. The third-order valence-corrected chi connectivity index (χ3v) is 3.05. The predicted molar refractivity (Wildman–Crippen MR) is 59.9 cm³/mol. The average molecular weight is 200 g/mol. The molecule has 0 fully saturated rings. The fraction of sp³-hybridized carbons (Fsp3) is 0.900. The summed E-state index contributed by atoms with van der Waals surface area (Å²) in [5, 5.41) is 11.6. The number of hydrogen-bond donors (Lipinski definition) is 1. The maximum atomic E-state index is 8.65. The highest BCUT2D eigenvalue weighted by molar-refractivity contribution is 7.99. The van der Waals surface area contributed by atoms with E-state index in [4.69, 9.17) is 5.26 Å². The van der Waals surface area contributed by atoms with Crippen molar-refractivity contribution in [3.8, 4) is 6.07 Å². The van der Waals surface area contributed by atoms with Crippen LogP contribution in [0, 0.1) is 11.3 Å². The molecule has 0 amide bonds. The van der Waals surface area contributed by atoms with Gasteiger partial charge in [-0.3, -0.25) is 0 Å². The van der Waals surface area contributed by atoms with Crippen molar-refractivity contribution < 1.29 is 0 Å². The maximum absolute atomic E-state index is 8.65. The van der Waals surface area contributed by atoms with Crippen LogP contribution in [0.2, 0.25) is 0 Å². The molecule has 0 aliphatic rings. The van der Waals surface area contributed by atoms with Crippen molar-refractivity contribution in [1.82, 2.24) is 5.32 Å². The average Bonchev–Trinajstić information content (AvgIpc) is 2.17.